The number of para-hydroxylation sites is 4. The Hall–Kier alpha value is -6.64. The summed E-state index contributed by atoms with van der Waals surface area (Å²) in [6.45, 7) is 0. The van der Waals surface area contributed by atoms with Crippen molar-refractivity contribution in [3.63, 3.8) is 0 Å². The molecule has 2 heteroatoms. The van der Waals surface area contributed by atoms with Crippen molar-refractivity contribution in [1.82, 2.24) is 4.57 Å². The third-order valence-corrected chi connectivity index (χ3v) is 10.1. The van der Waals surface area contributed by atoms with Crippen LogP contribution in [-0.2, 0) is 0 Å². The van der Waals surface area contributed by atoms with Gasteiger partial charge in [0.2, 0.25) is 0 Å². The molecule has 0 fully saturated rings. The highest BCUT2D eigenvalue weighted by molar-refractivity contribution is 6.28. The fourth-order valence-corrected chi connectivity index (χ4v) is 8.00. The van der Waals surface area contributed by atoms with Crippen LogP contribution < -0.4 is 4.90 Å². The molecule has 0 aliphatic rings. The summed E-state index contributed by atoms with van der Waals surface area (Å²) < 4.78 is 2.44. The Balaban J connectivity index is 1.42. The van der Waals surface area contributed by atoms with E-state index in [1.54, 1.807) is 0 Å². The molecule has 1 heterocycles. The summed E-state index contributed by atoms with van der Waals surface area (Å²) in [4.78, 5) is 2.50. The minimum atomic E-state index is 1.11. The highest BCUT2D eigenvalue weighted by atomic mass is 15.2. The van der Waals surface area contributed by atoms with Crippen molar-refractivity contribution in [2.45, 2.75) is 0 Å². The minimum Gasteiger partial charge on any atom is -0.308 e. The van der Waals surface area contributed by atoms with E-state index < -0.39 is 0 Å². The molecule has 9 aromatic carbocycles. The molecule has 0 aliphatic carbocycles. The van der Waals surface area contributed by atoms with Gasteiger partial charge < -0.3 is 9.47 Å². The van der Waals surface area contributed by atoms with E-state index in [9.17, 15) is 0 Å². The first-order chi connectivity index (χ1) is 24.8. The molecule has 2 nitrogen and oxygen atoms in total. The lowest BCUT2D eigenvalue weighted by molar-refractivity contribution is 1.17. The van der Waals surface area contributed by atoms with Gasteiger partial charge in [-0.3, -0.25) is 0 Å². The van der Waals surface area contributed by atoms with Gasteiger partial charge in [-0.25, -0.2) is 0 Å². The van der Waals surface area contributed by atoms with Gasteiger partial charge in [0.05, 0.1) is 22.4 Å². The minimum absolute atomic E-state index is 1.11. The summed E-state index contributed by atoms with van der Waals surface area (Å²) in [7, 11) is 0. The van der Waals surface area contributed by atoms with E-state index >= 15 is 0 Å². The second kappa shape index (κ2) is 11.5. The third kappa shape index (κ3) is 4.36. The number of fused-ring (bicyclic) bond motifs is 8. The van der Waals surface area contributed by atoms with Crippen LogP contribution in [0.3, 0.4) is 0 Å². The van der Waals surface area contributed by atoms with Crippen molar-refractivity contribution >= 4 is 71.2 Å². The molecule has 50 heavy (non-hydrogen) atoms. The molecule has 1 aromatic heterocycles. The van der Waals surface area contributed by atoms with Gasteiger partial charge in [0.1, 0.15) is 0 Å². The Morgan fingerprint density at radius 3 is 1.68 bits per heavy atom. The van der Waals surface area contributed by atoms with Gasteiger partial charge in [0.25, 0.3) is 0 Å². The maximum absolute atomic E-state index is 2.50. The van der Waals surface area contributed by atoms with E-state index in [2.05, 4.69) is 204 Å². The highest BCUT2D eigenvalue weighted by Gasteiger charge is 2.25. The lowest BCUT2D eigenvalue weighted by Gasteiger charge is -2.30. The summed E-state index contributed by atoms with van der Waals surface area (Å²) in [5, 5.41) is 9.88. The largest absolute Gasteiger partial charge is 0.308 e. The lowest BCUT2D eigenvalue weighted by atomic mass is 9.88. The molecule has 0 bridgehead atoms. The number of nitrogens with zero attached hydrogens (tertiary/aromatic N) is 2. The lowest BCUT2D eigenvalue weighted by Crippen LogP contribution is -2.12. The molecule has 0 saturated carbocycles. The molecular weight excluding hydrogens is 605 g/mol. The van der Waals surface area contributed by atoms with E-state index in [4.69, 9.17) is 0 Å². The average molecular weight is 637 g/mol. The van der Waals surface area contributed by atoms with Crippen LogP contribution in [0.15, 0.2) is 194 Å². The van der Waals surface area contributed by atoms with Crippen molar-refractivity contribution < 1.29 is 0 Å². The fraction of sp³-hybridized carbons (Fsp3) is 0. The molecule has 0 amide bonds. The quantitative estimate of drug-likeness (QED) is 0.171. The molecule has 0 N–H and O–H groups in total. The van der Waals surface area contributed by atoms with Crippen molar-refractivity contribution in [2.24, 2.45) is 0 Å². The Bertz CT molecular complexity index is 2850. The molecular formula is C48H32N2. The van der Waals surface area contributed by atoms with E-state index in [0.717, 1.165) is 22.7 Å². The standard InChI is InChI=1S/C48H32N2/c1-4-17-33(18-5-1)42-31-34-19-10-13-26-39(34)47-45(32-35-20-11-12-25-38(35)46(42)47)49(36-21-6-2-7-22-36)44-30-16-28-41-40-27-14-15-29-43(40)50(48(41)44)37-23-8-3-9-24-37/h1-32H. The van der Waals surface area contributed by atoms with Crippen molar-refractivity contribution in [3.8, 4) is 16.8 Å². The first kappa shape index (κ1) is 28.4. The van der Waals surface area contributed by atoms with Crippen LogP contribution in [-0.4, -0.2) is 4.57 Å². The Morgan fingerprint density at radius 1 is 0.380 bits per heavy atom. The maximum Gasteiger partial charge on any atom is 0.0782 e. The zero-order valence-electron chi connectivity index (χ0n) is 27.4. The first-order valence-corrected chi connectivity index (χ1v) is 17.2. The van der Waals surface area contributed by atoms with Gasteiger partial charge in [0.15, 0.2) is 0 Å². The van der Waals surface area contributed by atoms with Gasteiger partial charge in [-0.15, -0.1) is 0 Å². The number of rotatable bonds is 5. The highest BCUT2D eigenvalue weighted by Crippen LogP contribution is 2.50. The number of hydrogen-bond donors (Lipinski definition) is 0. The second-order valence-corrected chi connectivity index (χ2v) is 12.9. The van der Waals surface area contributed by atoms with Gasteiger partial charge in [-0.05, 0) is 81.2 Å². The van der Waals surface area contributed by atoms with Gasteiger partial charge in [0, 0.05) is 32.9 Å². The van der Waals surface area contributed by atoms with Crippen LogP contribution >= 0.6 is 0 Å². The summed E-state index contributed by atoms with van der Waals surface area (Å²) >= 11 is 0. The Labute approximate surface area is 290 Å². The monoisotopic (exact) mass is 636 g/mol. The molecule has 0 saturated heterocycles. The topological polar surface area (TPSA) is 8.17 Å². The van der Waals surface area contributed by atoms with Crippen LogP contribution in [0.4, 0.5) is 17.1 Å². The fourth-order valence-electron chi connectivity index (χ4n) is 8.00. The van der Waals surface area contributed by atoms with E-state index in [1.807, 2.05) is 0 Å². The van der Waals surface area contributed by atoms with Crippen LogP contribution in [0.5, 0.6) is 0 Å². The molecule has 0 aliphatic heterocycles. The zero-order chi connectivity index (χ0) is 33.0. The second-order valence-electron chi connectivity index (χ2n) is 12.9. The summed E-state index contributed by atoms with van der Waals surface area (Å²) in [6.07, 6.45) is 0. The predicted octanol–water partition coefficient (Wildman–Crippen LogP) is 13.4. The Morgan fingerprint density at radius 2 is 0.940 bits per heavy atom. The Kier molecular flexibility index (Phi) is 6.53. The zero-order valence-corrected chi connectivity index (χ0v) is 27.4. The molecule has 0 radical (unpaired) electrons. The smallest absolute Gasteiger partial charge is 0.0782 e. The molecule has 0 unspecified atom stereocenters. The van der Waals surface area contributed by atoms with Gasteiger partial charge in [-0.1, -0.05) is 146 Å². The normalized spacial score (nSPS) is 11.6. The molecule has 10 rings (SSSR count). The van der Waals surface area contributed by atoms with E-state index in [1.165, 1.54) is 65.3 Å². The third-order valence-electron chi connectivity index (χ3n) is 10.1. The van der Waals surface area contributed by atoms with Crippen LogP contribution in [0, 0.1) is 0 Å². The van der Waals surface area contributed by atoms with Crippen LogP contribution in [0.2, 0.25) is 0 Å². The van der Waals surface area contributed by atoms with Crippen molar-refractivity contribution in [2.75, 3.05) is 4.90 Å². The number of hydrogen-bond acceptors (Lipinski definition) is 1. The first-order valence-electron chi connectivity index (χ1n) is 17.2. The van der Waals surface area contributed by atoms with E-state index in [-0.39, 0.29) is 0 Å². The number of anilines is 3. The average Bonchev–Trinajstić information content (AvgIpc) is 3.54. The van der Waals surface area contributed by atoms with Crippen molar-refractivity contribution in [3.05, 3.63) is 194 Å². The SMILES string of the molecule is c1ccc(-c2cc3ccccc3c3c(N(c4ccccc4)c4cccc5c6ccccc6n(-c6ccccc6)c45)cc4ccccc4c23)cc1. The predicted molar refractivity (Wildman–Crippen MR) is 213 cm³/mol. The summed E-state index contributed by atoms with van der Waals surface area (Å²) in [6, 6.07) is 70.5. The van der Waals surface area contributed by atoms with E-state index in [0.29, 0.717) is 0 Å². The number of benzene rings is 9. The maximum atomic E-state index is 2.50. The van der Waals surface area contributed by atoms with Gasteiger partial charge >= 0.3 is 0 Å². The molecule has 0 spiro atoms. The van der Waals surface area contributed by atoms with Gasteiger partial charge in [-0.2, -0.15) is 0 Å². The van der Waals surface area contributed by atoms with Crippen LogP contribution in [0.1, 0.15) is 0 Å². The molecule has 10 aromatic rings. The molecule has 0 atom stereocenters. The summed E-state index contributed by atoms with van der Waals surface area (Å²) in [5.41, 5.74) is 9.33. The summed E-state index contributed by atoms with van der Waals surface area (Å²) in [5.74, 6) is 0. The molecule has 234 valence electrons. The van der Waals surface area contributed by atoms with Crippen molar-refractivity contribution in [1.29, 1.82) is 0 Å². The van der Waals surface area contributed by atoms with Crippen LogP contribution in [0.25, 0.3) is 70.9 Å². The number of aromatic nitrogens is 1.